The van der Waals surface area contributed by atoms with E-state index in [1.54, 1.807) is 42.3 Å². The number of amides is 6. The number of phenolic OH excluding ortho intramolecular Hbond substituents is 1. The molecular formula is C48H53ClFN9O10. The number of imide groups is 1. The summed E-state index contributed by atoms with van der Waals surface area (Å²) in [7, 11) is 1.67. The van der Waals surface area contributed by atoms with Crippen molar-refractivity contribution < 1.29 is 52.4 Å². The lowest BCUT2D eigenvalue weighted by Crippen LogP contribution is -2.52. The molecule has 21 heteroatoms. The van der Waals surface area contributed by atoms with E-state index in [4.69, 9.17) is 41.3 Å². The van der Waals surface area contributed by atoms with Gasteiger partial charge in [-0.25, -0.2) is 14.2 Å². The zero-order valence-electron chi connectivity index (χ0n) is 38.0. The van der Waals surface area contributed by atoms with Crippen LogP contribution in [0.2, 0.25) is 5.02 Å². The molecule has 1 aromatic heterocycles. The molecule has 0 spiro atoms. The molecule has 4 aromatic carbocycles. The highest BCUT2D eigenvalue weighted by molar-refractivity contribution is 6.35. The van der Waals surface area contributed by atoms with Crippen LogP contribution in [0.25, 0.3) is 32.8 Å². The van der Waals surface area contributed by atoms with Crippen LogP contribution in [0.5, 0.6) is 11.5 Å². The van der Waals surface area contributed by atoms with Crippen LogP contribution < -0.4 is 26.0 Å². The number of phenols is 1. The lowest BCUT2D eigenvalue weighted by molar-refractivity contribution is -0.137. The lowest BCUT2D eigenvalue weighted by Gasteiger charge is -2.35. The predicted octanol–water partition coefficient (Wildman–Crippen LogP) is 4.30. The Kier molecular flexibility index (Phi) is 15.5. The van der Waals surface area contributed by atoms with Crippen LogP contribution in [0.4, 0.5) is 21.0 Å². The number of hydrogen-bond donors (Lipinski definition) is 4. The van der Waals surface area contributed by atoms with Gasteiger partial charge in [0.25, 0.3) is 5.91 Å². The Hall–Kier alpha value is -6.87. The number of piperazine rings is 1. The molecule has 0 radical (unpaired) electrons. The zero-order chi connectivity index (χ0) is 48.6. The van der Waals surface area contributed by atoms with E-state index in [-0.39, 0.29) is 84.7 Å². The molecule has 2 fully saturated rings. The number of primary amides is 1. The predicted molar refractivity (Wildman–Crippen MR) is 254 cm³/mol. The van der Waals surface area contributed by atoms with Gasteiger partial charge in [-0.2, -0.15) is 4.98 Å². The second kappa shape index (κ2) is 22.0. The number of carbonyl (C=O) groups is 5. The van der Waals surface area contributed by atoms with Gasteiger partial charge in [-0.3, -0.25) is 24.5 Å². The fraction of sp³-hybridized carbons (Fsp3) is 0.396. The Morgan fingerprint density at radius 1 is 0.913 bits per heavy atom. The van der Waals surface area contributed by atoms with E-state index in [9.17, 15) is 29.1 Å². The summed E-state index contributed by atoms with van der Waals surface area (Å²) in [4.78, 5) is 77.5. The lowest BCUT2D eigenvalue weighted by atomic mass is 9.96. The Bertz CT molecular complexity index is 2760. The highest BCUT2D eigenvalue weighted by Gasteiger charge is 2.39. The molecule has 5 N–H and O–H groups in total. The smallest absolute Gasteiger partial charge is 0.314 e. The maximum Gasteiger partial charge on any atom is 0.314 e. The molecule has 8 rings (SSSR count). The number of nitrogens with zero attached hydrogens (tertiary/aromatic N) is 6. The number of ether oxygens (including phenoxy) is 4. The molecule has 1 unspecified atom stereocenters. The summed E-state index contributed by atoms with van der Waals surface area (Å²) in [6.45, 7) is 4.39. The maximum absolute atomic E-state index is 16.9. The number of urea groups is 1. The summed E-state index contributed by atoms with van der Waals surface area (Å²) in [5, 5.41) is 17.8. The van der Waals surface area contributed by atoms with Gasteiger partial charge in [-0.05, 0) is 64.7 Å². The topological polar surface area (TPSA) is 231 Å². The fourth-order valence-electron chi connectivity index (χ4n) is 8.59. The van der Waals surface area contributed by atoms with Crippen molar-refractivity contribution in [3.8, 4) is 22.6 Å². The number of likely N-dealkylation sites (N-methyl/N-ethyl adjacent to an activating group) is 1. The van der Waals surface area contributed by atoms with Crippen LogP contribution in [0.1, 0.15) is 35.2 Å². The molecule has 2 saturated heterocycles. The number of aromatic hydroxyl groups is 1. The monoisotopic (exact) mass is 969 g/mol. The summed E-state index contributed by atoms with van der Waals surface area (Å²) in [6.07, 6.45) is 0.579. The maximum atomic E-state index is 16.9. The summed E-state index contributed by atoms with van der Waals surface area (Å²) >= 11 is 6.84. The molecule has 3 aliphatic heterocycles. The minimum Gasteiger partial charge on any atom is -0.508 e. The number of rotatable bonds is 20. The van der Waals surface area contributed by atoms with Crippen molar-refractivity contribution >= 4 is 74.7 Å². The van der Waals surface area contributed by atoms with Crippen molar-refractivity contribution in [2.75, 3.05) is 103 Å². The van der Waals surface area contributed by atoms with Crippen molar-refractivity contribution in [1.82, 2.24) is 30.0 Å². The van der Waals surface area contributed by atoms with Gasteiger partial charge in [-0.15, -0.1) is 0 Å². The Morgan fingerprint density at radius 3 is 2.38 bits per heavy atom. The van der Waals surface area contributed by atoms with Crippen LogP contribution >= 0.6 is 11.6 Å². The molecule has 1 atom stereocenters. The number of hydrogen-bond acceptors (Lipinski definition) is 14. The van der Waals surface area contributed by atoms with E-state index in [1.165, 1.54) is 15.9 Å². The molecule has 4 heterocycles. The summed E-state index contributed by atoms with van der Waals surface area (Å²) in [5.74, 6) is -0.866. The van der Waals surface area contributed by atoms with Gasteiger partial charge in [0.05, 0.1) is 44.7 Å². The second-order valence-corrected chi connectivity index (χ2v) is 17.1. The first kappa shape index (κ1) is 48.6. The molecule has 5 aromatic rings. The third-order valence-corrected chi connectivity index (χ3v) is 12.5. The molecule has 19 nitrogen and oxygen atoms in total. The average Bonchev–Trinajstić information content (AvgIpc) is 3.66. The van der Waals surface area contributed by atoms with Crippen molar-refractivity contribution in [1.29, 1.82) is 0 Å². The summed E-state index contributed by atoms with van der Waals surface area (Å²) < 4.78 is 39.6. The van der Waals surface area contributed by atoms with Crippen LogP contribution in [0, 0.1) is 5.82 Å². The molecular weight excluding hydrogens is 917 g/mol. The number of halogens is 2. The number of fused-ring (bicyclic) bond motifs is 3. The van der Waals surface area contributed by atoms with Crippen molar-refractivity contribution in [2.24, 2.45) is 5.73 Å². The molecule has 3 aliphatic rings. The minimum absolute atomic E-state index is 0.00850. The highest BCUT2D eigenvalue weighted by Crippen LogP contribution is 2.42. The molecule has 0 aliphatic carbocycles. The molecule has 0 bridgehead atoms. The Morgan fingerprint density at radius 2 is 1.64 bits per heavy atom. The van der Waals surface area contributed by atoms with Crippen molar-refractivity contribution in [3.63, 3.8) is 0 Å². The quantitative estimate of drug-likeness (QED) is 0.0630. The van der Waals surface area contributed by atoms with E-state index >= 15 is 4.39 Å². The van der Waals surface area contributed by atoms with Gasteiger partial charge in [0.15, 0.2) is 5.82 Å². The summed E-state index contributed by atoms with van der Waals surface area (Å²) in [6, 6.07) is 15.9. The standard InChI is InChI=1S/C48H53ClFN9O10/c1-56(16-17-66-18-19-67-20-21-68-22-23-69-32-6-7-34-30(25-32)28-59(46(34)64)38-8-9-39(61)53-45(38)63)40(62)10-11-52-48-54-43-36(44(55-48)57-12-14-58(15-13-57)47(51)65)27-37(49)41(42(43)50)35-26-31(60)24-29-4-2-3-5-33(29)35/h2-7,24-27,38,60H,8-23,28H2,1H3,(H2,51,65)(H,52,54,55)(H,53,61,63). The second-order valence-electron chi connectivity index (χ2n) is 16.7. The van der Waals surface area contributed by atoms with E-state index in [0.29, 0.717) is 111 Å². The van der Waals surface area contributed by atoms with Crippen molar-refractivity contribution in [2.45, 2.75) is 31.8 Å². The first-order chi connectivity index (χ1) is 33.4. The first-order valence-corrected chi connectivity index (χ1v) is 23.1. The van der Waals surface area contributed by atoms with Crippen molar-refractivity contribution in [3.05, 3.63) is 82.6 Å². The third kappa shape index (κ3) is 11.4. The number of piperidine rings is 1. The van der Waals surface area contributed by atoms with Crippen LogP contribution in [0.3, 0.4) is 0 Å². The molecule has 6 amide bonds. The van der Waals surface area contributed by atoms with Crippen LogP contribution in [0.15, 0.2) is 60.7 Å². The number of benzene rings is 4. The average molecular weight is 970 g/mol. The Labute approximate surface area is 401 Å². The zero-order valence-corrected chi connectivity index (χ0v) is 38.8. The first-order valence-electron chi connectivity index (χ1n) is 22.7. The molecule has 0 saturated carbocycles. The van der Waals surface area contributed by atoms with Crippen LogP contribution in [-0.4, -0.2) is 158 Å². The van der Waals surface area contributed by atoms with Gasteiger partial charge in [0, 0.05) is 82.2 Å². The number of carbonyl (C=O) groups excluding carboxylic acids is 5. The van der Waals surface area contributed by atoms with E-state index in [1.807, 2.05) is 29.2 Å². The van der Waals surface area contributed by atoms with Gasteiger partial charge >= 0.3 is 6.03 Å². The SMILES string of the molecule is CN(CCOCCOCCOCCOc1ccc2c(c1)CN(C1CCC(=O)NC1=O)C2=O)C(=O)CCNc1nc(N2CCN(C(N)=O)CC2)c2cc(Cl)c(-c3cc(O)cc4ccccc34)c(F)c2n1. The minimum atomic E-state index is -0.704. The number of aromatic nitrogens is 2. The van der Waals surface area contributed by atoms with Gasteiger partial charge in [-0.1, -0.05) is 35.9 Å². The van der Waals surface area contributed by atoms with Gasteiger partial charge in [0.1, 0.15) is 35.5 Å². The highest BCUT2D eigenvalue weighted by atomic mass is 35.5. The Balaban J connectivity index is 0.753. The number of nitrogens with two attached hydrogens (primary N) is 1. The normalized spacial score (nSPS) is 16.0. The molecule has 69 heavy (non-hydrogen) atoms. The van der Waals surface area contributed by atoms with E-state index in [0.717, 1.165) is 5.56 Å². The number of anilines is 2. The van der Waals surface area contributed by atoms with Gasteiger partial charge < -0.3 is 54.7 Å². The van der Waals surface area contributed by atoms with Crippen LogP contribution in [-0.2, 0) is 35.1 Å². The van der Waals surface area contributed by atoms with E-state index < -0.39 is 23.8 Å². The van der Waals surface area contributed by atoms with E-state index in [2.05, 4.69) is 15.6 Å². The summed E-state index contributed by atoms with van der Waals surface area (Å²) in [5.41, 5.74) is 7.25. The fourth-order valence-corrected chi connectivity index (χ4v) is 8.88. The third-order valence-electron chi connectivity index (χ3n) is 12.2. The number of nitrogens with one attached hydrogen (secondary N) is 2. The molecule has 364 valence electrons. The largest absolute Gasteiger partial charge is 0.508 e. The van der Waals surface area contributed by atoms with Gasteiger partial charge in [0.2, 0.25) is 23.7 Å².